The van der Waals surface area contributed by atoms with Crippen LogP contribution in [0.2, 0.25) is 0 Å². The molecule has 122 valence electrons. The summed E-state index contributed by atoms with van der Waals surface area (Å²) in [6.45, 7) is 3.67. The van der Waals surface area contributed by atoms with Crippen LogP contribution in [0.3, 0.4) is 0 Å². The molecule has 0 spiro atoms. The van der Waals surface area contributed by atoms with Crippen molar-refractivity contribution in [1.29, 1.82) is 0 Å². The number of rotatable bonds is 4. The molecule has 5 nitrogen and oxygen atoms in total. The van der Waals surface area contributed by atoms with E-state index in [0.29, 0.717) is 21.8 Å². The van der Waals surface area contributed by atoms with E-state index in [1.165, 1.54) is 24.3 Å². The van der Waals surface area contributed by atoms with Gasteiger partial charge < -0.3 is 4.98 Å². The standard InChI is InChI=1S/C17H14FN3O2S/c1-9-7-10(2)19-15-14(9)16(23)21-17(20-15)24-8-13(22)11-3-5-12(18)6-4-11/h3-7H,8H2,1-2H3,(H,19,20,21,23). The average molecular weight is 343 g/mol. The molecular formula is C17H14FN3O2S. The third-order valence-electron chi connectivity index (χ3n) is 3.49. The van der Waals surface area contributed by atoms with Gasteiger partial charge in [0.15, 0.2) is 16.6 Å². The molecule has 1 aromatic carbocycles. The minimum atomic E-state index is -0.392. The average Bonchev–Trinajstić information content (AvgIpc) is 2.52. The molecule has 1 N–H and O–H groups in total. The molecule has 3 aromatic rings. The highest BCUT2D eigenvalue weighted by Crippen LogP contribution is 2.18. The topological polar surface area (TPSA) is 75.7 Å². The number of carbonyl (C=O) groups excluding carboxylic acids is 1. The molecule has 7 heteroatoms. The highest BCUT2D eigenvalue weighted by Gasteiger charge is 2.12. The van der Waals surface area contributed by atoms with Gasteiger partial charge >= 0.3 is 0 Å². The summed E-state index contributed by atoms with van der Waals surface area (Å²) in [5, 5.41) is 0.787. The van der Waals surface area contributed by atoms with Crippen LogP contribution in [0.15, 0.2) is 40.3 Å². The second-order valence-corrected chi connectivity index (χ2v) is 6.33. The lowest BCUT2D eigenvalue weighted by molar-refractivity contribution is 0.102. The molecule has 2 aromatic heterocycles. The number of Topliss-reactive ketones (excluding diaryl/α,β-unsaturated/α-hetero) is 1. The molecule has 2 heterocycles. The smallest absolute Gasteiger partial charge is 0.261 e. The Balaban J connectivity index is 1.84. The fraction of sp³-hybridized carbons (Fsp3) is 0.176. The number of H-pyrrole nitrogens is 1. The molecule has 0 aliphatic rings. The van der Waals surface area contributed by atoms with Gasteiger partial charge in [0.1, 0.15) is 5.82 Å². The maximum Gasteiger partial charge on any atom is 0.261 e. The van der Waals surface area contributed by atoms with E-state index in [1.54, 1.807) is 0 Å². The highest BCUT2D eigenvalue weighted by atomic mass is 32.2. The van der Waals surface area contributed by atoms with Crippen molar-refractivity contribution < 1.29 is 9.18 Å². The van der Waals surface area contributed by atoms with E-state index in [1.807, 2.05) is 19.9 Å². The summed E-state index contributed by atoms with van der Waals surface area (Å²) < 4.78 is 12.9. The quantitative estimate of drug-likeness (QED) is 0.448. The van der Waals surface area contributed by atoms with Crippen molar-refractivity contribution >= 4 is 28.6 Å². The van der Waals surface area contributed by atoms with Gasteiger partial charge in [0.05, 0.1) is 11.1 Å². The highest BCUT2D eigenvalue weighted by molar-refractivity contribution is 7.99. The van der Waals surface area contributed by atoms with Gasteiger partial charge in [-0.1, -0.05) is 11.8 Å². The number of nitrogens with zero attached hydrogens (tertiary/aromatic N) is 2. The number of carbonyl (C=O) groups is 1. The molecule has 0 bridgehead atoms. The van der Waals surface area contributed by atoms with Crippen LogP contribution in [0.1, 0.15) is 21.6 Å². The van der Waals surface area contributed by atoms with Crippen LogP contribution >= 0.6 is 11.8 Å². The number of aromatic amines is 1. The van der Waals surface area contributed by atoms with Crippen LogP contribution in [0.4, 0.5) is 4.39 Å². The summed E-state index contributed by atoms with van der Waals surface area (Å²) in [4.78, 5) is 35.6. The van der Waals surface area contributed by atoms with Crippen molar-refractivity contribution in [3.8, 4) is 0 Å². The lowest BCUT2D eigenvalue weighted by atomic mass is 10.1. The molecule has 0 saturated carbocycles. The van der Waals surface area contributed by atoms with Gasteiger partial charge in [-0.2, -0.15) is 0 Å². The Hall–Kier alpha value is -2.54. The number of benzene rings is 1. The predicted molar refractivity (Wildman–Crippen MR) is 91.1 cm³/mol. The number of ketones is 1. The number of nitrogens with one attached hydrogen (secondary N) is 1. The number of fused-ring (bicyclic) bond motifs is 1. The SMILES string of the molecule is Cc1cc(C)c2c(=O)[nH]c(SCC(=O)c3ccc(F)cc3)nc2n1. The first kappa shape index (κ1) is 16.3. The number of aryl methyl sites for hydroxylation is 2. The van der Waals surface area contributed by atoms with E-state index in [-0.39, 0.29) is 17.1 Å². The molecule has 0 aliphatic heterocycles. The Morgan fingerprint density at radius 1 is 1.21 bits per heavy atom. The molecule has 0 unspecified atom stereocenters. The Kier molecular flexibility index (Phi) is 4.44. The van der Waals surface area contributed by atoms with Crippen molar-refractivity contribution in [2.45, 2.75) is 19.0 Å². The summed E-state index contributed by atoms with van der Waals surface area (Å²) in [6.07, 6.45) is 0. The number of thioether (sulfide) groups is 1. The molecule has 3 rings (SSSR count). The van der Waals surface area contributed by atoms with Gasteiger partial charge in [-0.15, -0.1) is 0 Å². The summed E-state index contributed by atoms with van der Waals surface area (Å²) in [6, 6.07) is 7.17. The van der Waals surface area contributed by atoms with Gasteiger partial charge in [0.2, 0.25) is 0 Å². The van der Waals surface area contributed by atoms with Crippen LogP contribution in [0, 0.1) is 19.7 Å². The van der Waals surface area contributed by atoms with Crippen molar-refractivity contribution in [3.63, 3.8) is 0 Å². The summed E-state index contributed by atoms with van der Waals surface area (Å²) in [7, 11) is 0. The summed E-state index contributed by atoms with van der Waals surface area (Å²) in [5.41, 5.74) is 2.09. The minimum absolute atomic E-state index is 0.0882. The van der Waals surface area contributed by atoms with Gasteiger partial charge in [-0.05, 0) is 49.7 Å². The van der Waals surface area contributed by atoms with Gasteiger partial charge in [-0.25, -0.2) is 14.4 Å². The molecule has 0 fully saturated rings. The summed E-state index contributed by atoms with van der Waals surface area (Å²) in [5.74, 6) is -0.474. The zero-order valence-electron chi connectivity index (χ0n) is 13.1. The van der Waals surface area contributed by atoms with Crippen LogP contribution in [-0.2, 0) is 0 Å². The van der Waals surface area contributed by atoms with E-state index in [2.05, 4.69) is 15.0 Å². The van der Waals surface area contributed by atoms with Crippen molar-refractivity contribution in [2.75, 3.05) is 5.75 Å². The number of aromatic nitrogens is 3. The molecule has 0 atom stereocenters. The first-order valence-corrected chi connectivity index (χ1v) is 8.22. The number of hydrogen-bond donors (Lipinski definition) is 1. The monoisotopic (exact) mass is 343 g/mol. The molecule has 0 aliphatic carbocycles. The molecule has 24 heavy (non-hydrogen) atoms. The van der Waals surface area contributed by atoms with Crippen LogP contribution in [-0.4, -0.2) is 26.5 Å². The maximum atomic E-state index is 12.9. The predicted octanol–water partition coefficient (Wildman–Crippen LogP) is 3.05. The van der Waals surface area contributed by atoms with Crippen LogP contribution in [0.25, 0.3) is 11.0 Å². The van der Waals surface area contributed by atoms with E-state index in [4.69, 9.17) is 0 Å². The second kappa shape index (κ2) is 6.52. The first-order chi connectivity index (χ1) is 11.4. The fourth-order valence-electron chi connectivity index (χ4n) is 2.38. The lowest BCUT2D eigenvalue weighted by Gasteiger charge is -2.05. The van der Waals surface area contributed by atoms with E-state index >= 15 is 0 Å². The number of pyridine rings is 1. The third kappa shape index (κ3) is 3.35. The zero-order valence-corrected chi connectivity index (χ0v) is 13.9. The van der Waals surface area contributed by atoms with E-state index in [9.17, 15) is 14.0 Å². The van der Waals surface area contributed by atoms with Gasteiger partial charge in [0, 0.05) is 11.3 Å². The first-order valence-electron chi connectivity index (χ1n) is 7.24. The minimum Gasteiger partial charge on any atom is -0.301 e. The molecule has 0 radical (unpaired) electrons. The van der Waals surface area contributed by atoms with Crippen LogP contribution < -0.4 is 5.56 Å². The number of hydrogen-bond acceptors (Lipinski definition) is 5. The van der Waals surface area contributed by atoms with Gasteiger partial charge in [0.25, 0.3) is 5.56 Å². The molecule has 0 amide bonds. The Morgan fingerprint density at radius 2 is 1.92 bits per heavy atom. The van der Waals surface area contributed by atoms with Crippen molar-refractivity contribution in [3.05, 3.63) is 63.3 Å². The van der Waals surface area contributed by atoms with Crippen LogP contribution in [0.5, 0.6) is 0 Å². The fourth-order valence-corrected chi connectivity index (χ4v) is 3.13. The number of halogens is 1. The summed E-state index contributed by atoms with van der Waals surface area (Å²) >= 11 is 1.12. The van der Waals surface area contributed by atoms with Crippen molar-refractivity contribution in [1.82, 2.24) is 15.0 Å². The Labute approximate surface area is 141 Å². The largest absolute Gasteiger partial charge is 0.301 e. The zero-order chi connectivity index (χ0) is 17.3. The third-order valence-corrected chi connectivity index (χ3v) is 4.36. The maximum absolute atomic E-state index is 12.9. The van der Waals surface area contributed by atoms with E-state index in [0.717, 1.165) is 23.0 Å². The van der Waals surface area contributed by atoms with E-state index < -0.39 is 5.82 Å². The van der Waals surface area contributed by atoms with Gasteiger partial charge in [-0.3, -0.25) is 9.59 Å². The molecular weight excluding hydrogens is 329 g/mol. The Bertz CT molecular complexity index is 984. The normalized spacial score (nSPS) is 11.0. The van der Waals surface area contributed by atoms with Crippen molar-refractivity contribution in [2.24, 2.45) is 0 Å². The second-order valence-electron chi connectivity index (χ2n) is 5.37. The lowest BCUT2D eigenvalue weighted by Crippen LogP contribution is -2.13. The Morgan fingerprint density at radius 3 is 2.62 bits per heavy atom. The molecule has 0 saturated heterocycles.